The van der Waals surface area contributed by atoms with Crippen LogP contribution in [0.4, 0.5) is 0 Å². The third-order valence-corrected chi connectivity index (χ3v) is 4.06. The number of esters is 1. The minimum Gasteiger partial charge on any atom is -0.461 e. The first kappa shape index (κ1) is 12.8. The van der Waals surface area contributed by atoms with Crippen molar-refractivity contribution in [1.29, 1.82) is 0 Å². The van der Waals surface area contributed by atoms with Gasteiger partial charge in [-0.25, -0.2) is 4.79 Å². The topological polar surface area (TPSA) is 68.5 Å². The van der Waals surface area contributed by atoms with Crippen LogP contribution in [0, 0.1) is 0 Å². The fraction of sp³-hybridized carbons (Fsp3) is 0.923. The molecule has 1 aliphatic heterocycles. The smallest absolute Gasteiger partial charge is 0.328 e. The van der Waals surface area contributed by atoms with Crippen LogP contribution in [0.5, 0.6) is 0 Å². The molecule has 2 atom stereocenters. The number of carbonyl (C=O) groups excluding carboxylic acids is 1. The number of hydrogen-bond donors (Lipinski definition) is 2. The normalized spacial score (nSPS) is 41.0. The molecule has 0 bridgehead atoms. The Morgan fingerprint density at radius 1 is 1.41 bits per heavy atom. The monoisotopic (exact) mass is 241 g/mol. The van der Waals surface area contributed by atoms with Crippen molar-refractivity contribution < 1.29 is 14.6 Å². The van der Waals surface area contributed by atoms with Crippen LogP contribution in [0.25, 0.3) is 0 Å². The second-order valence-electron chi connectivity index (χ2n) is 5.42. The maximum atomic E-state index is 12.1. The molecule has 0 aromatic heterocycles. The standard InChI is InChI=1S/C13H23NO3/c1-3-8-13(9(2)14-13)12(16)17-11-6-4-10(15)5-7-11/h9-11,14-15H,3-8H2,1-2H3. The van der Waals surface area contributed by atoms with E-state index in [1.165, 1.54) is 0 Å². The lowest BCUT2D eigenvalue weighted by atomic mass is 9.94. The van der Waals surface area contributed by atoms with Gasteiger partial charge in [0.15, 0.2) is 0 Å². The Morgan fingerprint density at radius 3 is 2.47 bits per heavy atom. The number of nitrogens with one attached hydrogen (secondary N) is 1. The summed E-state index contributed by atoms with van der Waals surface area (Å²) in [5.41, 5.74) is -0.412. The molecule has 1 aliphatic carbocycles. The number of aliphatic hydroxyl groups excluding tert-OH is 1. The Kier molecular flexibility index (Phi) is 3.73. The van der Waals surface area contributed by atoms with Gasteiger partial charge in [0, 0.05) is 6.04 Å². The molecule has 1 saturated carbocycles. The summed E-state index contributed by atoms with van der Waals surface area (Å²) in [6, 6.07) is 0.240. The molecule has 0 amide bonds. The number of aliphatic hydroxyl groups is 1. The highest BCUT2D eigenvalue weighted by Gasteiger charge is 2.57. The van der Waals surface area contributed by atoms with E-state index < -0.39 is 5.54 Å². The van der Waals surface area contributed by atoms with E-state index >= 15 is 0 Å². The van der Waals surface area contributed by atoms with Gasteiger partial charge in [0.05, 0.1) is 6.10 Å². The Hall–Kier alpha value is -0.610. The summed E-state index contributed by atoms with van der Waals surface area (Å²) in [6.45, 7) is 4.11. The third-order valence-electron chi connectivity index (χ3n) is 4.06. The second kappa shape index (κ2) is 4.94. The van der Waals surface area contributed by atoms with E-state index in [-0.39, 0.29) is 24.2 Å². The van der Waals surface area contributed by atoms with Gasteiger partial charge >= 0.3 is 5.97 Å². The molecule has 1 heterocycles. The molecule has 98 valence electrons. The van der Waals surface area contributed by atoms with Crippen LogP contribution in [-0.4, -0.2) is 34.9 Å². The summed E-state index contributed by atoms with van der Waals surface area (Å²) in [5, 5.41) is 12.6. The Labute approximate surface area is 103 Å². The number of carbonyl (C=O) groups is 1. The Bertz CT molecular complexity index is 286. The van der Waals surface area contributed by atoms with Gasteiger partial charge in [-0.05, 0) is 39.0 Å². The molecular weight excluding hydrogens is 218 g/mol. The molecule has 1 saturated heterocycles. The quantitative estimate of drug-likeness (QED) is 0.576. The van der Waals surface area contributed by atoms with Crippen LogP contribution < -0.4 is 5.32 Å². The zero-order chi connectivity index (χ0) is 12.5. The molecule has 4 nitrogen and oxygen atoms in total. The van der Waals surface area contributed by atoms with E-state index in [0.29, 0.717) is 0 Å². The molecule has 4 heteroatoms. The molecule has 2 rings (SSSR count). The molecule has 2 N–H and O–H groups in total. The van der Waals surface area contributed by atoms with Crippen molar-refractivity contribution in [2.75, 3.05) is 0 Å². The number of rotatable bonds is 4. The van der Waals surface area contributed by atoms with Gasteiger partial charge in [-0.2, -0.15) is 0 Å². The number of ether oxygens (including phenoxy) is 1. The lowest BCUT2D eigenvalue weighted by Gasteiger charge is -2.26. The van der Waals surface area contributed by atoms with Crippen LogP contribution in [-0.2, 0) is 9.53 Å². The minimum atomic E-state index is -0.412. The molecule has 0 aromatic carbocycles. The molecule has 0 spiro atoms. The SMILES string of the molecule is CCCC1(C(=O)OC2CCC(O)CC2)NC1C. The summed E-state index contributed by atoms with van der Waals surface area (Å²) in [5.74, 6) is -0.0896. The first-order chi connectivity index (χ1) is 8.08. The highest BCUT2D eigenvalue weighted by Crippen LogP contribution is 2.34. The van der Waals surface area contributed by atoms with Crippen molar-refractivity contribution in [2.24, 2.45) is 0 Å². The van der Waals surface area contributed by atoms with Gasteiger partial charge < -0.3 is 9.84 Å². The van der Waals surface area contributed by atoms with E-state index in [1.807, 2.05) is 6.92 Å². The van der Waals surface area contributed by atoms with Gasteiger partial charge in [0.2, 0.25) is 0 Å². The molecule has 0 radical (unpaired) electrons. The summed E-state index contributed by atoms with van der Waals surface area (Å²) in [4.78, 5) is 12.1. The largest absolute Gasteiger partial charge is 0.461 e. The van der Waals surface area contributed by atoms with E-state index in [2.05, 4.69) is 12.2 Å². The Morgan fingerprint density at radius 2 is 2.00 bits per heavy atom. The average molecular weight is 241 g/mol. The van der Waals surface area contributed by atoms with Crippen molar-refractivity contribution >= 4 is 5.97 Å². The predicted molar refractivity (Wildman–Crippen MR) is 64.6 cm³/mol. The maximum Gasteiger partial charge on any atom is 0.328 e. The molecule has 2 aliphatic rings. The van der Waals surface area contributed by atoms with Gasteiger partial charge in [-0.1, -0.05) is 13.3 Å². The summed E-state index contributed by atoms with van der Waals surface area (Å²) in [6.07, 6.45) is 4.73. The van der Waals surface area contributed by atoms with Crippen molar-refractivity contribution in [3.05, 3.63) is 0 Å². The van der Waals surface area contributed by atoms with Gasteiger partial charge in [0.1, 0.15) is 11.6 Å². The van der Waals surface area contributed by atoms with Gasteiger partial charge in [-0.15, -0.1) is 0 Å². The third kappa shape index (κ3) is 2.63. The van der Waals surface area contributed by atoms with E-state index in [1.54, 1.807) is 0 Å². The lowest BCUT2D eigenvalue weighted by molar-refractivity contribution is -0.155. The van der Waals surface area contributed by atoms with Crippen molar-refractivity contribution in [1.82, 2.24) is 5.32 Å². The van der Waals surface area contributed by atoms with Crippen molar-refractivity contribution in [2.45, 2.75) is 76.2 Å². The van der Waals surface area contributed by atoms with Crippen LogP contribution in [0.1, 0.15) is 52.4 Å². The maximum absolute atomic E-state index is 12.1. The van der Waals surface area contributed by atoms with E-state index in [9.17, 15) is 9.90 Å². The van der Waals surface area contributed by atoms with Crippen LogP contribution >= 0.6 is 0 Å². The lowest BCUT2D eigenvalue weighted by Crippen LogP contribution is -2.36. The van der Waals surface area contributed by atoms with Crippen molar-refractivity contribution in [3.8, 4) is 0 Å². The molecule has 2 unspecified atom stereocenters. The Balaban J connectivity index is 1.84. The average Bonchev–Trinajstić information content (AvgIpc) is 2.94. The molecular formula is C13H23NO3. The highest BCUT2D eigenvalue weighted by molar-refractivity contribution is 5.86. The van der Waals surface area contributed by atoms with Gasteiger partial charge in [-0.3, -0.25) is 5.32 Å². The van der Waals surface area contributed by atoms with Crippen LogP contribution in [0.3, 0.4) is 0 Å². The molecule has 0 aromatic rings. The zero-order valence-corrected chi connectivity index (χ0v) is 10.7. The molecule has 2 fully saturated rings. The fourth-order valence-corrected chi connectivity index (χ4v) is 2.79. The molecule has 17 heavy (non-hydrogen) atoms. The van der Waals surface area contributed by atoms with E-state index in [4.69, 9.17) is 4.74 Å². The first-order valence-corrected chi connectivity index (χ1v) is 6.75. The number of hydrogen-bond acceptors (Lipinski definition) is 4. The second-order valence-corrected chi connectivity index (χ2v) is 5.42. The predicted octanol–water partition coefficient (Wildman–Crippen LogP) is 1.36. The van der Waals surface area contributed by atoms with Crippen LogP contribution in [0.15, 0.2) is 0 Å². The van der Waals surface area contributed by atoms with Crippen molar-refractivity contribution in [3.63, 3.8) is 0 Å². The summed E-state index contributed by atoms with van der Waals surface area (Å²) in [7, 11) is 0. The summed E-state index contributed by atoms with van der Waals surface area (Å²) >= 11 is 0. The fourth-order valence-electron chi connectivity index (χ4n) is 2.79. The zero-order valence-electron chi connectivity index (χ0n) is 10.7. The highest BCUT2D eigenvalue weighted by atomic mass is 16.5. The van der Waals surface area contributed by atoms with Crippen LogP contribution in [0.2, 0.25) is 0 Å². The first-order valence-electron chi connectivity index (χ1n) is 6.75. The minimum absolute atomic E-state index is 0.00855. The van der Waals surface area contributed by atoms with E-state index in [0.717, 1.165) is 38.5 Å². The van der Waals surface area contributed by atoms with Gasteiger partial charge in [0.25, 0.3) is 0 Å². The summed E-state index contributed by atoms with van der Waals surface area (Å²) < 4.78 is 5.58.